The van der Waals surface area contributed by atoms with Crippen LogP contribution in [-0.4, -0.2) is 25.6 Å². The molecular formula is C15H22N2O. The normalized spacial score (nSPS) is 14.0. The van der Waals surface area contributed by atoms with Crippen molar-refractivity contribution in [1.82, 2.24) is 4.90 Å². The largest absolute Gasteiger partial charge is 0.494 e. The zero-order valence-electron chi connectivity index (χ0n) is 11.7. The summed E-state index contributed by atoms with van der Waals surface area (Å²) < 4.78 is 5.44. The van der Waals surface area contributed by atoms with Crippen LogP contribution in [0, 0.1) is 17.2 Å². The molecule has 0 fully saturated rings. The van der Waals surface area contributed by atoms with Crippen LogP contribution in [0.1, 0.15) is 31.9 Å². The van der Waals surface area contributed by atoms with E-state index in [9.17, 15) is 5.26 Å². The Bertz CT molecular complexity index is 392. The van der Waals surface area contributed by atoms with E-state index in [1.807, 2.05) is 33.2 Å². The lowest BCUT2D eigenvalue weighted by Crippen LogP contribution is -2.26. The lowest BCUT2D eigenvalue weighted by atomic mass is 9.91. The molecule has 0 spiro atoms. The van der Waals surface area contributed by atoms with Crippen LogP contribution in [0.25, 0.3) is 0 Å². The van der Waals surface area contributed by atoms with Crippen molar-refractivity contribution in [3.8, 4) is 11.8 Å². The number of hydrogen-bond acceptors (Lipinski definition) is 3. The Morgan fingerprint density at radius 2 is 1.83 bits per heavy atom. The molecule has 0 heterocycles. The van der Waals surface area contributed by atoms with E-state index in [1.54, 1.807) is 0 Å². The molecule has 0 N–H and O–H groups in total. The van der Waals surface area contributed by atoms with Crippen molar-refractivity contribution in [2.24, 2.45) is 5.92 Å². The van der Waals surface area contributed by atoms with Crippen molar-refractivity contribution >= 4 is 0 Å². The zero-order chi connectivity index (χ0) is 13.5. The highest BCUT2D eigenvalue weighted by Gasteiger charge is 2.23. The Balaban J connectivity index is 2.96. The standard InChI is InChI=1S/C15H22N2O/c1-5-12(11-16)15(17(3)4)13-7-9-14(10-8-13)18-6-2/h7-10,12,15H,5-6H2,1-4H3. The Morgan fingerprint density at radius 1 is 1.22 bits per heavy atom. The number of hydrogen-bond donors (Lipinski definition) is 0. The van der Waals surface area contributed by atoms with Crippen molar-refractivity contribution in [1.29, 1.82) is 5.26 Å². The van der Waals surface area contributed by atoms with Gasteiger partial charge in [-0.15, -0.1) is 0 Å². The number of nitrogens with zero attached hydrogens (tertiary/aromatic N) is 2. The van der Waals surface area contributed by atoms with Crippen LogP contribution >= 0.6 is 0 Å². The third-order valence-corrected chi connectivity index (χ3v) is 3.08. The summed E-state index contributed by atoms with van der Waals surface area (Å²) in [6.45, 7) is 4.70. The summed E-state index contributed by atoms with van der Waals surface area (Å²) in [6, 6.07) is 10.6. The molecule has 1 rings (SSSR count). The number of ether oxygens (including phenoxy) is 1. The predicted octanol–water partition coefficient (Wildman–Crippen LogP) is 3.24. The van der Waals surface area contributed by atoms with E-state index >= 15 is 0 Å². The molecule has 98 valence electrons. The summed E-state index contributed by atoms with van der Waals surface area (Å²) in [7, 11) is 4.03. The minimum absolute atomic E-state index is 0.0120. The van der Waals surface area contributed by atoms with Gasteiger partial charge in [0.15, 0.2) is 0 Å². The second kappa shape index (κ2) is 7.03. The Morgan fingerprint density at radius 3 is 2.22 bits per heavy atom. The molecule has 0 aliphatic rings. The summed E-state index contributed by atoms with van der Waals surface area (Å²) in [6.07, 6.45) is 0.854. The Hall–Kier alpha value is -1.53. The predicted molar refractivity (Wildman–Crippen MR) is 73.4 cm³/mol. The fraction of sp³-hybridized carbons (Fsp3) is 0.533. The van der Waals surface area contributed by atoms with Gasteiger partial charge in [0.25, 0.3) is 0 Å². The first-order chi connectivity index (χ1) is 8.63. The molecule has 0 aliphatic carbocycles. The van der Waals surface area contributed by atoms with E-state index in [4.69, 9.17) is 4.74 Å². The van der Waals surface area contributed by atoms with Crippen LogP contribution in [0.2, 0.25) is 0 Å². The fourth-order valence-corrected chi connectivity index (χ4v) is 2.20. The first-order valence-corrected chi connectivity index (χ1v) is 6.42. The topological polar surface area (TPSA) is 36.3 Å². The van der Waals surface area contributed by atoms with E-state index < -0.39 is 0 Å². The van der Waals surface area contributed by atoms with Gasteiger partial charge in [-0.1, -0.05) is 19.1 Å². The van der Waals surface area contributed by atoms with Crippen LogP contribution in [0.4, 0.5) is 0 Å². The van der Waals surface area contributed by atoms with Crippen LogP contribution in [0.3, 0.4) is 0 Å². The molecule has 2 atom stereocenters. The second-order valence-corrected chi connectivity index (χ2v) is 4.55. The van der Waals surface area contributed by atoms with Crippen LogP contribution in [0.15, 0.2) is 24.3 Å². The molecule has 0 aromatic heterocycles. The molecule has 0 radical (unpaired) electrons. The minimum atomic E-state index is 0.0120. The quantitative estimate of drug-likeness (QED) is 0.773. The smallest absolute Gasteiger partial charge is 0.119 e. The van der Waals surface area contributed by atoms with Crippen molar-refractivity contribution in [2.45, 2.75) is 26.3 Å². The van der Waals surface area contributed by atoms with E-state index in [2.05, 4.69) is 30.0 Å². The van der Waals surface area contributed by atoms with Crippen molar-refractivity contribution < 1.29 is 4.74 Å². The van der Waals surface area contributed by atoms with Gasteiger partial charge in [-0.25, -0.2) is 0 Å². The molecule has 18 heavy (non-hydrogen) atoms. The molecule has 0 saturated carbocycles. The van der Waals surface area contributed by atoms with Crippen molar-refractivity contribution in [2.75, 3.05) is 20.7 Å². The van der Waals surface area contributed by atoms with Gasteiger partial charge in [-0.05, 0) is 45.1 Å². The summed E-state index contributed by atoms with van der Waals surface area (Å²) in [5.41, 5.74) is 1.16. The third-order valence-electron chi connectivity index (χ3n) is 3.08. The highest BCUT2D eigenvalue weighted by atomic mass is 16.5. The first-order valence-electron chi connectivity index (χ1n) is 6.42. The van der Waals surface area contributed by atoms with E-state index in [0.717, 1.165) is 17.7 Å². The molecule has 3 nitrogen and oxygen atoms in total. The van der Waals surface area contributed by atoms with Gasteiger partial charge in [0.05, 0.1) is 24.6 Å². The number of rotatable bonds is 6. The average molecular weight is 246 g/mol. The van der Waals surface area contributed by atoms with Gasteiger partial charge >= 0.3 is 0 Å². The highest BCUT2D eigenvalue weighted by molar-refractivity contribution is 5.30. The van der Waals surface area contributed by atoms with Crippen LogP contribution < -0.4 is 4.74 Å². The van der Waals surface area contributed by atoms with Gasteiger partial charge < -0.3 is 9.64 Å². The van der Waals surface area contributed by atoms with Crippen LogP contribution in [-0.2, 0) is 0 Å². The maximum Gasteiger partial charge on any atom is 0.119 e. The van der Waals surface area contributed by atoms with Crippen LogP contribution in [0.5, 0.6) is 5.75 Å². The maximum atomic E-state index is 9.24. The highest BCUT2D eigenvalue weighted by Crippen LogP contribution is 2.29. The lowest BCUT2D eigenvalue weighted by molar-refractivity contribution is 0.241. The summed E-state index contributed by atoms with van der Waals surface area (Å²) >= 11 is 0. The molecule has 0 amide bonds. The van der Waals surface area contributed by atoms with Gasteiger partial charge in [0.2, 0.25) is 0 Å². The molecule has 1 aromatic carbocycles. The van der Waals surface area contributed by atoms with Crippen molar-refractivity contribution in [3.05, 3.63) is 29.8 Å². The maximum absolute atomic E-state index is 9.24. The molecule has 0 saturated heterocycles. The molecule has 3 heteroatoms. The number of benzene rings is 1. The lowest BCUT2D eigenvalue weighted by Gasteiger charge is -2.28. The summed E-state index contributed by atoms with van der Waals surface area (Å²) in [5.74, 6) is 0.890. The third kappa shape index (κ3) is 3.48. The van der Waals surface area contributed by atoms with E-state index in [1.165, 1.54) is 0 Å². The van der Waals surface area contributed by atoms with Gasteiger partial charge in [0.1, 0.15) is 5.75 Å². The Kier molecular flexibility index (Phi) is 5.67. The second-order valence-electron chi connectivity index (χ2n) is 4.55. The van der Waals surface area contributed by atoms with Gasteiger partial charge in [-0.2, -0.15) is 5.26 Å². The molecule has 1 aromatic rings. The van der Waals surface area contributed by atoms with Gasteiger partial charge in [-0.3, -0.25) is 0 Å². The van der Waals surface area contributed by atoms with E-state index in [-0.39, 0.29) is 12.0 Å². The molecule has 0 aliphatic heterocycles. The molecule has 2 unspecified atom stereocenters. The van der Waals surface area contributed by atoms with Crippen molar-refractivity contribution in [3.63, 3.8) is 0 Å². The monoisotopic (exact) mass is 246 g/mol. The SMILES string of the molecule is CCOc1ccc(C(C(C#N)CC)N(C)C)cc1. The van der Waals surface area contributed by atoms with Gasteiger partial charge in [0, 0.05) is 0 Å². The average Bonchev–Trinajstić information content (AvgIpc) is 2.37. The first kappa shape index (κ1) is 14.5. The number of nitriles is 1. The van der Waals surface area contributed by atoms with E-state index in [0.29, 0.717) is 6.61 Å². The summed E-state index contributed by atoms with van der Waals surface area (Å²) in [5, 5.41) is 9.24. The Labute approximate surface area is 110 Å². The summed E-state index contributed by atoms with van der Waals surface area (Å²) in [4.78, 5) is 2.10. The molecular weight excluding hydrogens is 224 g/mol. The molecule has 0 bridgehead atoms. The minimum Gasteiger partial charge on any atom is -0.494 e. The fourth-order valence-electron chi connectivity index (χ4n) is 2.20. The zero-order valence-corrected chi connectivity index (χ0v) is 11.7.